The molecule has 1 aliphatic heterocycles. The Hall–Kier alpha value is -4.07. The zero-order valence-corrected chi connectivity index (χ0v) is 17.8. The van der Waals surface area contributed by atoms with Crippen LogP contribution in [-0.4, -0.2) is 32.5 Å². The topological polar surface area (TPSA) is 73.7 Å². The van der Waals surface area contributed by atoms with Crippen LogP contribution in [0.5, 0.6) is 11.5 Å². The van der Waals surface area contributed by atoms with Crippen LogP contribution >= 0.6 is 0 Å². The molecule has 1 amide bonds. The largest absolute Gasteiger partial charge is 0.508 e. The van der Waals surface area contributed by atoms with Crippen LogP contribution in [0, 0.1) is 0 Å². The van der Waals surface area contributed by atoms with Gasteiger partial charge in [0.15, 0.2) is 0 Å². The monoisotopic (exact) mass is 464 g/mol. The van der Waals surface area contributed by atoms with E-state index < -0.39 is 11.7 Å². The molecule has 0 bridgehead atoms. The average molecular weight is 464 g/mol. The Balaban J connectivity index is 1.62. The van der Waals surface area contributed by atoms with Gasteiger partial charge < -0.3 is 15.1 Å². The molecule has 8 heteroatoms. The van der Waals surface area contributed by atoms with Crippen molar-refractivity contribution in [1.29, 1.82) is 0 Å². The summed E-state index contributed by atoms with van der Waals surface area (Å²) in [7, 11) is 0. The van der Waals surface area contributed by atoms with Crippen molar-refractivity contribution in [1.82, 2.24) is 9.88 Å². The molecular formula is C26H19F3N2O3. The maximum Gasteiger partial charge on any atom is 0.416 e. The number of pyridine rings is 1. The molecular weight excluding hydrogens is 445 g/mol. The third-order valence-corrected chi connectivity index (χ3v) is 6.00. The highest BCUT2D eigenvalue weighted by molar-refractivity contribution is 6.05. The lowest BCUT2D eigenvalue weighted by atomic mass is 9.89. The van der Waals surface area contributed by atoms with E-state index in [-0.39, 0.29) is 23.1 Å². The highest BCUT2D eigenvalue weighted by atomic mass is 19.4. The highest BCUT2D eigenvalue weighted by Gasteiger charge is 2.32. The second-order valence-corrected chi connectivity index (χ2v) is 8.23. The minimum absolute atomic E-state index is 0.00138. The smallest absolute Gasteiger partial charge is 0.416 e. The van der Waals surface area contributed by atoms with Crippen LogP contribution in [0.15, 0.2) is 66.7 Å². The van der Waals surface area contributed by atoms with Gasteiger partial charge in [-0.3, -0.25) is 4.79 Å². The van der Waals surface area contributed by atoms with Crippen molar-refractivity contribution in [2.75, 3.05) is 6.54 Å². The molecule has 3 aromatic carbocycles. The van der Waals surface area contributed by atoms with E-state index in [9.17, 15) is 28.2 Å². The van der Waals surface area contributed by atoms with Gasteiger partial charge in [-0.05, 0) is 71.1 Å². The Morgan fingerprint density at radius 1 is 0.912 bits per heavy atom. The molecule has 0 fully saturated rings. The number of alkyl halides is 3. The molecule has 0 unspecified atom stereocenters. The lowest BCUT2D eigenvalue weighted by Crippen LogP contribution is -2.38. The fourth-order valence-electron chi connectivity index (χ4n) is 4.34. The molecule has 5 nitrogen and oxygen atoms in total. The van der Waals surface area contributed by atoms with E-state index in [1.807, 2.05) is 0 Å². The van der Waals surface area contributed by atoms with Crippen LogP contribution in [0.25, 0.3) is 22.0 Å². The van der Waals surface area contributed by atoms with Crippen LogP contribution in [0.3, 0.4) is 0 Å². The first-order valence-corrected chi connectivity index (χ1v) is 10.6. The summed E-state index contributed by atoms with van der Waals surface area (Å²) in [5.41, 5.74) is 2.56. The van der Waals surface area contributed by atoms with Crippen LogP contribution in [0.4, 0.5) is 13.2 Å². The van der Waals surface area contributed by atoms with Gasteiger partial charge in [0, 0.05) is 18.5 Å². The second-order valence-electron chi connectivity index (χ2n) is 8.23. The third kappa shape index (κ3) is 3.91. The van der Waals surface area contributed by atoms with Crippen molar-refractivity contribution in [2.45, 2.75) is 19.1 Å². The lowest BCUT2D eigenvalue weighted by molar-refractivity contribution is -0.137. The molecule has 0 saturated heterocycles. The third-order valence-electron chi connectivity index (χ3n) is 6.00. The Morgan fingerprint density at radius 3 is 2.26 bits per heavy atom. The summed E-state index contributed by atoms with van der Waals surface area (Å²) in [6, 6.07) is 15.9. The molecule has 0 radical (unpaired) electrons. The molecule has 0 aliphatic carbocycles. The number of halogens is 3. The first kappa shape index (κ1) is 21.8. The number of rotatable bonds is 3. The summed E-state index contributed by atoms with van der Waals surface area (Å²) in [4.78, 5) is 19.6. The van der Waals surface area contributed by atoms with Crippen molar-refractivity contribution >= 4 is 16.8 Å². The molecule has 0 saturated carbocycles. The van der Waals surface area contributed by atoms with E-state index >= 15 is 0 Å². The second kappa shape index (κ2) is 8.06. The van der Waals surface area contributed by atoms with Crippen LogP contribution in [0.2, 0.25) is 0 Å². The van der Waals surface area contributed by atoms with Gasteiger partial charge in [-0.2, -0.15) is 13.2 Å². The summed E-state index contributed by atoms with van der Waals surface area (Å²) < 4.78 is 39.3. The SMILES string of the molecule is O=C1c2nc3ccc(O)cc3c(-c3ccc(C(F)(F)F)cc3)c2CCN1Cc1ccc(O)cc1. The van der Waals surface area contributed by atoms with Crippen molar-refractivity contribution in [3.05, 3.63) is 89.1 Å². The molecule has 5 rings (SSSR count). The van der Waals surface area contributed by atoms with Gasteiger partial charge in [0.05, 0.1) is 11.1 Å². The number of amides is 1. The standard InChI is InChI=1S/C26H19F3N2O3/c27-26(28,29)17-5-3-16(4-6-17)23-20-11-12-31(14-15-1-7-18(32)8-2-15)25(34)24(20)30-22-10-9-19(33)13-21(22)23/h1-10,13,32-33H,11-12,14H2. The van der Waals surface area contributed by atoms with E-state index in [1.54, 1.807) is 35.2 Å². The Morgan fingerprint density at radius 2 is 1.59 bits per heavy atom. The first-order chi connectivity index (χ1) is 16.2. The molecule has 0 spiro atoms. The molecule has 2 N–H and O–H groups in total. The summed E-state index contributed by atoms with van der Waals surface area (Å²) in [5.74, 6) is -0.146. The number of aromatic hydroxyl groups is 2. The number of hydrogen-bond acceptors (Lipinski definition) is 4. The number of benzene rings is 3. The molecule has 172 valence electrons. The van der Waals surface area contributed by atoms with E-state index in [1.165, 1.54) is 24.3 Å². The van der Waals surface area contributed by atoms with Gasteiger partial charge in [-0.15, -0.1) is 0 Å². The molecule has 0 atom stereocenters. The average Bonchev–Trinajstić information content (AvgIpc) is 2.81. The van der Waals surface area contributed by atoms with E-state index in [0.717, 1.165) is 17.7 Å². The predicted octanol–water partition coefficient (Wildman–Crippen LogP) is 5.53. The summed E-state index contributed by atoms with van der Waals surface area (Å²) in [6.07, 6.45) is -4.00. The fraction of sp³-hybridized carbons (Fsp3) is 0.154. The molecule has 2 heterocycles. The number of carbonyl (C=O) groups is 1. The maximum absolute atomic E-state index is 13.4. The Bertz CT molecular complexity index is 1400. The molecule has 34 heavy (non-hydrogen) atoms. The van der Waals surface area contributed by atoms with Gasteiger partial charge in [0.25, 0.3) is 5.91 Å². The number of aromatic nitrogens is 1. The minimum atomic E-state index is -4.46. The number of fused-ring (bicyclic) bond motifs is 2. The van der Waals surface area contributed by atoms with Crippen molar-refractivity contribution < 1.29 is 28.2 Å². The van der Waals surface area contributed by atoms with E-state index in [2.05, 4.69) is 4.98 Å². The lowest BCUT2D eigenvalue weighted by Gasteiger charge is -2.30. The Kier molecular flexibility index (Phi) is 5.16. The highest BCUT2D eigenvalue weighted by Crippen LogP contribution is 2.38. The number of phenols is 2. The zero-order valence-electron chi connectivity index (χ0n) is 17.8. The van der Waals surface area contributed by atoms with Crippen LogP contribution in [-0.2, 0) is 19.1 Å². The summed E-state index contributed by atoms with van der Waals surface area (Å²) in [5, 5.41) is 20.1. The van der Waals surface area contributed by atoms with Crippen molar-refractivity contribution in [3.63, 3.8) is 0 Å². The molecule has 1 aliphatic rings. The van der Waals surface area contributed by atoms with Crippen LogP contribution < -0.4 is 0 Å². The summed E-state index contributed by atoms with van der Waals surface area (Å²) in [6.45, 7) is 0.732. The fourth-order valence-corrected chi connectivity index (χ4v) is 4.34. The number of hydrogen-bond donors (Lipinski definition) is 2. The van der Waals surface area contributed by atoms with E-state index in [4.69, 9.17) is 0 Å². The van der Waals surface area contributed by atoms with Gasteiger partial charge in [-0.25, -0.2) is 4.98 Å². The van der Waals surface area contributed by atoms with Crippen molar-refractivity contribution in [3.8, 4) is 22.6 Å². The normalized spacial score (nSPS) is 13.9. The van der Waals surface area contributed by atoms with Gasteiger partial charge in [0.1, 0.15) is 17.2 Å². The quantitative estimate of drug-likeness (QED) is 0.418. The van der Waals surface area contributed by atoms with Gasteiger partial charge >= 0.3 is 6.18 Å². The number of phenolic OH excluding ortho intramolecular Hbond substituents is 2. The van der Waals surface area contributed by atoms with Crippen LogP contribution in [0.1, 0.15) is 27.2 Å². The van der Waals surface area contributed by atoms with E-state index in [0.29, 0.717) is 47.1 Å². The van der Waals surface area contributed by atoms with Gasteiger partial charge in [-0.1, -0.05) is 24.3 Å². The Labute approximate surface area is 192 Å². The van der Waals surface area contributed by atoms with Crippen molar-refractivity contribution in [2.24, 2.45) is 0 Å². The first-order valence-electron chi connectivity index (χ1n) is 10.6. The molecule has 4 aromatic rings. The number of nitrogens with zero attached hydrogens (tertiary/aromatic N) is 2. The zero-order chi connectivity index (χ0) is 24.0. The number of carbonyl (C=O) groups excluding carboxylic acids is 1. The van der Waals surface area contributed by atoms with Gasteiger partial charge in [0.2, 0.25) is 0 Å². The summed E-state index contributed by atoms with van der Waals surface area (Å²) >= 11 is 0. The maximum atomic E-state index is 13.4. The molecule has 1 aromatic heterocycles. The minimum Gasteiger partial charge on any atom is -0.508 e. The predicted molar refractivity (Wildman–Crippen MR) is 120 cm³/mol.